The third-order valence-electron chi connectivity index (χ3n) is 5.53. The molecule has 0 spiro atoms. The predicted octanol–water partition coefficient (Wildman–Crippen LogP) is 4.87. The Labute approximate surface area is 218 Å². The molecule has 0 aliphatic carbocycles. The summed E-state index contributed by atoms with van der Waals surface area (Å²) >= 11 is 12.2. The van der Waals surface area contributed by atoms with Gasteiger partial charge in [0.2, 0.25) is 21.8 Å². The Balaban J connectivity index is 2.15. The summed E-state index contributed by atoms with van der Waals surface area (Å²) in [7, 11) is -3.52. The fourth-order valence-electron chi connectivity index (χ4n) is 3.55. The number of hydrogen-bond acceptors (Lipinski definition) is 4. The molecular weight excluding hydrogens is 509 g/mol. The number of nitrogens with zero attached hydrogens (tertiary/aromatic N) is 2. The average Bonchev–Trinajstić information content (AvgIpc) is 2.81. The lowest BCUT2D eigenvalue weighted by atomic mass is 10.1. The lowest BCUT2D eigenvalue weighted by molar-refractivity contribution is -0.140. The van der Waals surface area contributed by atoms with Crippen molar-refractivity contribution in [3.8, 4) is 0 Å². The number of para-hydroxylation sites is 1. The van der Waals surface area contributed by atoms with Crippen LogP contribution in [0.25, 0.3) is 0 Å². The second-order valence-corrected chi connectivity index (χ2v) is 11.1. The van der Waals surface area contributed by atoms with Crippen LogP contribution in [0.15, 0.2) is 48.5 Å². The van der Waals surface area contributed by atoms with Crippen LogP contribution in [0.2, 0.25) is 10.0 Å². The van der Waals surface area contributed by atoms with Crippen molar-refractivity contribution < 1.29 is 18.0 Å². The van der Waals surface area contributed by atoms with Crippen molar-refractivity contribution in [2.75, 3.05) is 23.7 Å². The minimum absolute atomic E-state index is 0.0761. The molecule has 0 fully saturated rings. The molecule has 2 aromatic carbocycles. The topological polar surface area (TPSA) is 86.8 Å². The Morgan fingerprint density at radius 2 is 1.71 bits per heavy atom. The third-order valence-corrected chi connectivity index (χ3v) is 7.46. The van der Waals surface area contributed by atoms with E-state index in [1.807, 2.05) is 6.92 Å². The minimum Gasteiger partial charge on any atom is -0.354 e. The van der Waals surface area contributed by atoms with Crippen molar-refractivity contribution in [2.24, 2.45) is 0 Å². The average molecular weight is 543 g/mol. The molecule has 0 bridgehead atoms. The first-order valence-electron chi connectivity index (χ1n) is 11.6. The number of halogens is 2. The van der Waals surface area contributed by atoms with E-state index in [4.69, 9.17) is 23.2 Å². The third kappa shape index (κ3) is 9.02. The van der Waals surface area contributed by atoms with Gasteiger partial charge in [-0.05, 0) is 49.6 Å². The number of nitrogens with one attached hydrogen (secondary N) is 1. The molecule has 1 atom stereocenters. The molecule has 0 unspecified atom stereocenters. The van der Waals surface area contributed by atoms with E-state index in [0.29, 0.717) is 28.7 Å². The first-order valence-corrected chi connectivity index (χ1v) is 14.2. The van der Waals surface area contributed by atoms with Crippen LogP contribution in [0.3, 0.4) is 0 Å². The molecule has 7 nitrogen and oxygen atoms in total. The Morgan fingerprint density at radius 3 is 2.31 bits per heavy atom. The Kier molecular flexibility index (Phi) is 11.3. The maximum Gasteiger partial charge on any atom is 0.242 e. The van der Waals surface area contributed by atoms with Crippen molar-refractivity contribution in [2.45, 2.75) is 52.1 Å². The molecule has 0 aromatic heterocycles. The number of rotatable bonds is 13. The summed E-state index contributed by atoms with van der Waals surface area (Å²) < 4.78 is 25.9. The molecule has 0 saturated heterocycles. The highest BCUT2D eigenvalue weighted by atomic mass is 35.5. The van der Waals surface area contributed by atoms with Gasteiger partial charge >= 0.3 is 0 Å². The number of hydrogen-bond donors (Lipinski definition) is 1. The molecule has 192 valence electrons. The maximum atomic E-state index is 13.3. The van der Waals surface area contributed by atoms with Gasteiger partial charge in [-0.3, -0.25) is 13.9 Å². The number of amides is 2. The smallest absolute Gasteiger partial charge is 0.242 e. The fourth-order valence-corrected chi connectivity index (χ4v) is 4.84. The van der Waals surface area contributed by atoms with E-state index in [1.54, 1.807) is 55.5 Å². The summed E-state index contributed by atoms with van der Waals surface area (Å²) in [6.07, 6.45) is 3.30. The van der Waals surface area contributed by atoms with Gasteiger partial charge in [-0.15, -0.1) is 0 Å². The van der Waals surface area contributed by atoms with E-state index in [9.17, 15) is 18.0 Å². The maximum absolute atomic E-state index is 13.3. The molecule has 0 aliphatic heterocycles. The van der Waals surface area contributed by atoms with Crippen molar-refractivity contribution >= 4 is 50.7 Å². The van der Waals surface area contributed by atoms with E-state index in [1.165, 1.54) is 9.21 Å². The van der Waals surface area contributed by atoms with Gasteiger partial charge < -0.3 is 10.2 Å². The summed E-state index contributed by atoms with van der Waals surface area (Å²) in [6, 6.07) is 13.1. The van der Waals surface area contributed by atoms with Crippen molar-refractivity contribution in [3.63, 3.8) is 0 Å². The second-order valence-electron chi connectivity index (χ2n) is 8.36. The molecule has 1 N–H and O–H groups in total. The largest absolute Gasteiger partial charge is 0.354 e. The summed E-state index contributed by atoms with van der Waals surface area (Å²) in [5.41, 5.74) is 1.28. The molecule has 35 heavy (non-hydrogen) atoms. The summed E-state index contributed by atoms with van der Waals surface area (Å²) in [4.78, 5) is 27.5. The van der Waals surface area contributed by atoms with Gasteiger partial charge in [-0.1, -0.05) is 60.8 Å². The first kappa shape index (κ1) is 28.9. The van der Waals surface area contributed by atoms with Crippen molar-refractivity contribution in [3.05, 3.63) is 64.1 Å². The standard InChI is InChI=1S/C25H33Cl2N3O4S/c1-4-5-15-28-25(32)19(2)29(18-20-13-14-22(26)23(27)17-20)24(31)12-9-16-30(35(3,33)34)21-10-7-6-8-11-21/h6-8,10-11,13-14,17,19H,4-5,9,12,15-16,18H2,1-3H3,(H,28,32)/t19-/m1/s1. The Hall–Kier alpha value is -2.29. The number of unbranched alkanes of at least 4 members (excludes halogenated alkanes) is 1. The predicted molar refractivity (Wildman–Crippen MR) is 142 cm³/mol. The SMILES string of the molecule is CCCCNC(=O)[C@@H](C)N(Cc1ccc(Cl)c(Cl)c1)C(=O)CCCN(c1ccccc1)S(C)(=O)=O. The summed E-state index contributed by atoms with van der Waals surface area (Å²) in [5, 5.41) is 3.64. The molecule has 2 amide bonds. The monoisotopic (exact) mass is 541 g/mol. The normalized spacial score (nSPS) is 12.1. The van der Waals surface area contributed by atoms with Crippen LogP contribution >= 0.6 is 23.2 Å². The van der Waals surface area contributed by atoms with Crippen LogP contribution in [-0.2, 0) is 26.2 Å². The molecule has 0 heterocycles. The van der Waals surface area contributed by atoms with E-state index < -0.39 is 16.1 Å². The zero-order chi connectivity index (χ0) is 26.0. The van der Waals surface area contributed by atoms with Gasteiger partial charge in [0.25, 0.3) is 0 Å². The molecule has 2 aromatic rings. The number of sulfonamides is 1. The quantitative estimate of drug-likeness (QED) is 0.366. The lowest BCUT2D eigenvalue weighted by Crippen LogP contribution is -2.48. The molecule has 0 aliphatic rings. The van der Waals surface area contributed by atoms with Gasteiger partial charge in [0.1, 0.15) is 6.04 Å². The zero-order valence-corrected chi connectivity index (χ0v) is 22.7. The number of carbonyl (C=O) groups excluding carboxylic acids is 2. The highest BCUT2D eigenvalue weighted by Gasteiger charge is 2.26. The summed E-state index contributed by atoms with van der Waals surface area (Å²) in [5.74, 6) is -0.496. The first-order chi connectivity index (χ1) is 16.5. The molecule has 0 radical (unpaired) electrons. The molecule has 0 saturated carbocycles. The zero-order valence-electron chi connectivity index (χ0n) is 20.3. The van der Waals surface area contributed by atoms with Gasteiger partial charge in [0.15, 0.2) is 0 Å². The molecule has 2 rings (SSSR count). The number of benzene rings is 2. The van der Waals surface area contributed by atoms with Crippen LogP contribution in [0.1, 0.15) is 45.1 Å². The fraction of sp³-hybridized carbons (Fsp3) is 0.440. The van der Waals surface area contributed by atoms with Crippen LogP contribution in [-0.4, -0.2) is 50.5 Å². The van der Waals surface area contributed by atoms with Crippen LogP contribution in [0.4, 0.5) is 5.69 Å². The van der Waals surface area contributed by atoms with Gasteiger partial charge in [0.05, 0.1) is 22.0 Å². The Morgan fingerprint density at radius 1 is 1.03 bits per heavy atom. The number of anilines is 1. The van der Waals surface area contributed by atoms with Gasteiger partial charge in [-0.25, -0.2) is 8.42 Å². The highest BCUT2D eigenvalue weighted by molar-refractivity contribution is 7.92. The van der Waals surface area contributed by atoms with Crippen LogP contribution in [0, 0.1) is 0 Å². The van der Waals surface area contributed by atoms with E-state index in [2.05, 4.69) is 5.32 Å². The van der Waals surface area contributed by atoms with Gasteiger partial charge in [0, 0.05) is 26.1 Å². The lowest BCUT2D eigenvalue weighted by Gasteiger charge is -2.29. The summed E-state index contributed by atoms with van der Waals surface area (Å²) in [6.45, 7) is 4.57. The van der Waals surface area contributed by atoms with Crippen molar-refractivity contribution in [1.29, 1.82) is 0 Å². The van der Waals surface area contributed by atoms with E-state index in [0.717, 1.165) is 24.7 Å². The highest BCUT2D eigenvalue weighted by Crippen LogP contribution is 2.24. The van der Waals surface area contributed by atoms with Crippen LogP contribution < -0.4 is 9.62 Å². The van der Waals surface area contributed by atoms with Gasteiger partial charge in [-0.2, -0.15) is 0 Å². The van der Waals surface area contributed by atoms with E-state index in [-0.39, 0.29) is 31.3 Å². The Bertz CT molecular complexity index is 1100. The van der Waals surface area contributed by atoms with Crippen LogP contribution in [0.5, 0.6) is 0 Å². The van der Waals surface area contributed by atoms with Crippen molar-refractivity contribution in [1.82, 2.24) is 10.2 Å². The van der Waals surface area contributed by atoms with E-state index >= 15 is 0 Å². The molecule has 10 heteroatoms. The molecular formula is C25H33Cl2N3O4S. The second kappa shape index (κ2) is 13.7. The number of carbonyl (C=O) groups is 2. The minimum atomic E-state index is -3.52.